The molecule has 218 valence electrons. The van der Waals surface area contributed by atoms with Gasteiger partial charge in [0.25, 0.3) is 0 Å². The van der Waals surface area contributed by atoms with Crippen LogP contribution in [0.15, 0.2) is 0 Å². The first-order valence-corrected chi connectivity index (χ1v) is 23.2. The zero-order valence-electron chi connectivity index (χ0n) is 25.5. The zero-order valence-corrected chi connectivity index (χ0v) is 29.4. The van der Waals surface area contributed by atoms with Gasteiger partial charge in [0.2, 0.25) is 0 Å². The highest BCUT2D eigenvalue weighted by atomic mass is 33.1. The summed E-state index contributed by atoms with van der Waals surface area (Å²) < 4.78 is 13.1. The first-order chi connectivity index (χ1) is 17.7. The van der Waals surface area contributed by atoms with Gasteiger partial charge in [-0.15, -0.1) is 0 Å². The summed E-state index contributed by atoms with van der Waals surface area (Å²) in [4.78, 5) is 0. The van der Waals surface area contributed by atoms with Crippen molar-refractivity contribution in [2.45, 2.75) is 167 Å². The molecule has 0 saturated heterocycles. The fraction of sp³-hybridized carbons (Fsp3) is 1.00. The molecular formula is C30H66O2S2Si2. The number of rotatable bonds is 29. The molecule has 6 heteroatoms. The van der Waals surface area contributed by atoms with E-state index in [1.165, 1.54) is 126 Å². The van der Waals surface area contributed by atoms with Crippen LogP contribution in [0.1, 0.15) is 131 Å². The predicted octanol–water partition coefficient (Wildman–Crippen LogP) is 10.3. The first-order valence-electron chi connectivity index (χ1n) is 16.2. The summed E-state index contributed by atoms with van der Waals surface area (Å²) in [5.41, 5.74) is 1.21. The van der Waals surface area contributed by atoms with E-state index in [0.29, 0.717) is 11.5 Å². The smallest absolute Gasteiger partial charge is 0.0717 e. The van der Waals surface area contributed by atoms with E-state index >= 15 is 0 Å². The minimum atomic E-state index is -0.814. The molecule has 0 aromatic heterocycles. The fourth-order valence-corrected chi connectivity index (χ4v) is 15.6. The van der Waals surface area contributed by atoms with Crippen LogP contribution in [0.5, 0.6) is 0 Å². The van der Waals surface area contributed by atoms with Gasteiger partial charge < -0.3 is 9.47 Å². The molecule has 0 aromatic rings. The van der Waals surface area contributed by atoms with E-state index in [1.54, 1.807) is 0 Å². The van der Waals surface area contributed by atoms with Gasteiger partial charge in [-0.1, -0.05) is 152 Å². The van der Waals surface area contributed by atoms with Gasteiger partial charge in [-0.2, -0.15) is 0 Å². The molecule has 0 N–H and O–H groups in total. The van der Waals surface area contributed by atoms with Crippen LogP contribution >= 0.6 is 21.6 Å². The monoisotopic (exact) mass is 578 g/mol. The van der Waals surface area contributed by atoms with E-state index in [1.807, 2.05) is 0 Å². The van der Waals surface area contributed by atoms with Crippen molar-refractivity contribution in [1.82, 2.24) is 0 Å². The highest BCUT2D eigenvalue weighted by Gasteiger charge is 2.24. The molecule has 0 aliphatic carbocycles. The fourth-order valence-electron chi connectivity index (χ4n) is 5.01. The maximum absolute atomic E-state index is 6.57. The van der Waals surface area contributed by atoms with E-state index in [0.717, 1.165) is 13.2 Å². The normalized spacial score (nSPS) is 13.7. The lowest BCUT2D eigenvalue weighted by molar-refractivity contribution is 0.0967. The van der Waals surface area contributed by atoms with Crippen molar-refractivity contribution >= 4 is 39.2 Å². The summed E-state index contributed by atoms with van der Waals surface area (Å²) in [6.07, 6.45) is 18.5. The van der Waals surface area contributed by atoms with Gasteiger partial charge in [0.15, 0.2) is 0 Å². The molecule has 0 aliphatic heterocycles. The van der Waals surface area contributed by atoms with Crippen molar-refractivity contribution in [3.8, 4) is 0 Å². The summed E-state index contributed by atoms with van der Waals surface area (Å²) >= 11 is 0. The van der Waals surface area contributed by atoms with E-state index < -0.39 is 17.6 Å². The highest BCUT2D eigenvalue weighted by molar-refractivity contribution is 8.76. The van der Waals surface area contributed by atoms with Gasteiger partial charge >= 0.3 is 0 Å². The van der Waals surface area contributed by atoms with Crippen LogP contribution in [0, 0.1) is 0 Å². The third kappa shape index (κ3) is 20.9. The van der Waals surface area contributed by atoms with Crippen LogP contribution in [0.3, 0.4) is 0 Å². The van der Waals surface area contributed by atoms with Crippen LogP contribution in [0.4, 0.5) is 0 Å². The topological polar surface area (TPSA) is 18.5 Å². The van der Waals surface area contributed by atoms with Crippen LogP contribution < -0.4 is 0 Å². The molecule has 0 saturated carbocycles. The Morgan fingerprint density at radius 3 is 1.06 bits per heavy atom. The summed E-state index contributed by atoms with van der Waals surface area (Å²) in [5.74, 6) is 2.52. The van der Waals surface area contributed by atoms with Gasteiger partial charge in [0.1, 0.15) is 0 Å². The van der Waals surface area contributed by atoms with E-state index in [9.17, 15) is 0 Å². The number of hydrogen-bond acceptors (Lipinski definition) is 4. The van der Waals surface area contributed by atoms with Crippen molar-refractivity contribution in [2.24, 2.45) is 0 Å². The lowest BCUT2D eigenvalue weighted by Crippen LogP contribution is -2.34. The molecule has 2 unspecified atom stereocenters. The van der Waals surface area contributed by atoms with Crippen molar-refractivity contribution in [2.75, 3.05) is 24.7 Å². The van der Waals surface area contributed by atoms with E-state index in [2.05, 4.69) is 63.1 Å². The second-order valence-corrected chi connectivity index (χ2v) is 20.4. The Hall–Kier alpha value is 1.05. The third-order valence-corrected chi connectivity index (χ3v) is 17.7. The Morgan fingerprint density at radius 2 is 0.778 bits per heavy atom. The molecule has 0 rings (SSSR count). The van der Waals surface area contributed by atoms with Gasteiger partial charge in [-0.3, -0.25) is 0 Å². The average molecular weight is 579 g/mol. The van der Waals surface area contributed by atoms with Crippen molar-refractivity contribution in [3.05, 3.63) is 0 Å². The molecule has 0 aliphatic rings. The van der Waals surface area contributed by atoms with Gasteiger partial charge in [-0.05, 0) is 25.7 Å². The summed E-state index contributed by atoms with van der Waals surface area (Å²) in [5, 5.41) is 0. The minimum absolute atomic E-state index is 0.604. The number of ether oxygens (including phenoxy) is 2. The second kappa shape index (κ2) is 29.0. The maximum atomic E-state index is 6.57. The number of hydrogen-bond donors (Lipinski definition) is 0. The molecule has 0 bridgehead atoms. The standard InChI is InChI=1S/C30H66O2S2Si2/c1-7-13-21-31-29(35(25-15-9-3)26-16-10-4)19-23-33-34-24-20-30(32-22-14-8-2)36(27-17-11-5)28-18-12-6/h29-30,35-36H,7-28H2,1-6H3. The molecule has 2 atom stereocenters. The van der Waals surface area contributed by atoms with Gasteiger partial charge in [0.05, 0.1) is 17.6 Å². The average Bonchev–Trinajstić information content (AvgIpc) is 2.89. The van der Waals surface area contributed by atoms with Crippen molar-refractivity contribution in [3.63, 3.8) is 0 Å². The Labute approximate surface area is 239 Å². The molecular weight excluding hydrogens is 513 g/mol. The summed E-state index contributed by atoms with van der Waals surface area (Å²) in [6.45, 7) is 15.9. The van der Waals surface area contributed by atoms with E-state index in [4.69, 9.17) is 9.47 Å². The molecule has 0 fully saturated rings. The molecule has 36 heavy (non-hydrogen) atoms. The number of unbranched alkanes of at least 4 members (excludes halogenated alkanes) is 6. The quantitative estimate of drug-likeness (QED) is 0.0499. The summed E-state index contributed by atoms with van der Waals surface area (Å²) in [6, 6.07) is 5.96. The van der Waals surface area contributed by atoms with Crippen molar-refractivity contribution < 1.29 is 9.47 Å². The van der Waals surface area contributed by atoms with Crippen LogP contribution in [0.25, 0.3) is 0 Å². The molecule has 0 spiro atoms. The Kier molecular flexibility index (Phi) is 29.9. The SMILES string of the molecule is CCCCOC(CCSSCCC(OCCCC)[SiH](CCCC)CCCC)[SiH](CCCC)CCCC. The Bertz CT molecular complexity index is 378. The minimum Gasteiger partial charge on any atom is -0.382 e. The Morgan fingerprint density at radius 1 is 0.472 bits per heavy atom. The molecule has 0 aromatic carbocycles. The highest BCUT2D eigenvalue weighted by Crippen LogP contribution is 2.28. The second-order valence-electron chi connectivity index (χ2n) is 10.8. The van der Waals surface area contributed by atoms with Crippen LogP contribution in [-0.4, -0.2) is 53.8 Å². The van der Waals surface area contributed by atoms with Crippen LogP contribution in [-0.2, 0) is 9.47 Å². The molecule has 0 radical (unpaired) electrons. The lowest BCUT2D eigenvalue weighted by atomic mass is 10.4. The maximum Gasteiger partial charge on any atom is 0.0717 e. The molecule has 0 amide bonds. The Balaban J connectivity index is 4.71. The largest absolute Gasteiger partial charge is 0.382 e. The lowest BCUT2D eigenvalue weighted by Gasteiger charge is -2.27. The summed E-state index contributed by atoms with van der Waals surface area (Å²) in [7, 11) is 2.62. The van der Waals surface area contributed by atoms with Crippen LogP contribution in [0.2, 0.25) is 24.2 Å². The molecule has 0 heterocycles. The predicted molar refractivity (Wildman–Crippen MR) is 177 cm³/mol. The van der Waals surface area contributed by atoms with Crippen molar-refractivity contribution in [1.29, 1.82) is 0 Å². The third-order valence-electron chi connectivity index (χ3n) is 7.48. The van der Waals surface area contributed by atoms with Gasteiger partial charge in [-0.25, -0.2) is 0 Å². The van der Waals surface area contributed by atoms with E-state index in [-0.39, 0.29) is 0 Å². The van der Waals surface area contributed by atoms with Gasteiger partial charge in [0, 0.05) is 36.2 Å². The molecule has 2 nitrogen and oxygen atoms in total. The first kappa shape index (κ1) is 37.1. The zero-order chi connectivity index (χ0) is 26.7.